The highest BCUT2D eigenvalue weighted by Gasteiger charge is 2.23. The van der Waals surface area contributed by atoms with Crippen molar-refractivity contribution in [2.24, 2.45) is 0 Å². The second-order valence-corrected chi connectivity index (χ2v) is 5.48. The van der Waals surface area contributed by atoms with Crippen LogP contribution in [-0.4, -0.2) is 25.0 Å². The number of carbonyl (C=O) groups excluding carboxylic acids is 1. The van der Waals surface area contributed by atoms with E-state index in [0.29, 0.717) is 11.3 Å². The number of rotatable bonds is 4. The maximum atomic E-state index is 12.8. The maximum Gasteiger partial charge on any atom is 0.257 e. The molecule has 0 saturated carbocycles. The summed E-state index contributed by atoms with van der Waals surface area (Å²) < 4.78 is 11.1. The van der Waals surface area contributed by atoms with Crippen molar-refractivity contribution in [2.75, 3.05) is 14.2 Å². The van der Waals surface area contributed by atoms with Gasteiger partial charge in [0.1, 0.15) is 17.1 Å². The predicted octanol–water partition coefficient (Wildman–Crippen LogP) is 4.27. The molecule has 1 amide bonds. The van der Waals surface area contributed by atoms with Gasteiger partial charge in [-0.3, -0.25) is 4.79 Å². The van der Waals surface area contributed by atoms with Gasteiger partial charge in [-0.25, -0.2) is 0 Å². The summed E-state index contributed by atoms with van der Waals surface area (Å²) in [6.45, 7) is 1.95. The van der Waals surface area contributed by atoms with Crippen molar-refractivity contribution < 1.29 is 13.9 Å². The van der Waals surface area contributed by atoms with Crippen molar-refractivity contribution in [3.8, 4) is 5.75 Å². The molecule has 0 aliphatic rings. The van der Waals surface area contributed by atoms with Gasteiger partial charge in [-0.1, -0.05) is 30.3 Å². The quantitative estimate of drug-likeness (QED) is 0.722. The lowest BCUT2D eigenvalue weighted by molar-refractivity contribution is 0.0724. The molecule has 4 nitrogen and oxygen atoms in total. The number of ether oxygens (including phenoxy) is 1. The van der Waals surface area contributed by atoms with E-state index in [1.807, 2.05) is 49.4 Å². The van der Waals surface area contributed by atoms with Crippen molar-refractivity contribution in [3.05, 3.63) is 65.9 Å². The molecule has 0 unspecified atom stereocenters. The number of hydrogen-bond acceptors (Lipinski definition) is 3. The van der Waals surface area contributed by atoms with Crippen LogP contribution in [0, 0.1) is 0 Å². The first-order valence-corrected chi connectivity index (χ1v) is 7.50. The molecule has 1 aromatic heterocycles. The van der Waals surface area contributed by atoms with Crippen LogP contribution >= 0.6 is 0 Å². The molecule has 0 aliphatic heterocycles. The van der Waals surface area contributed by atoms with E-state index in [-0.39, 0.29) is 11.9 Å². The van der Waals surface area contributed by atoms with E-state index in [1.165, 1.54) is 0 Å². The van der Waals surface area contributed by atoms with Gasteiger partial charge in [0, 0.05) is 12.4 Å². The molecule has 0 N–H and O–H groups in total. The molecule has 0 spiro atoms. The SMILES string of the molecule is COc1ccccc1C(=O)N(C)[C@@H](C)c1cc2ccccc2o1. The number of methoxy groups -OCH3 is 1. The molecule has 118 valence electrons. The van der Waals surface area contributed by atoms with Gasteiger partial charge < -0.3 is 14.1 Å². The molecule has 0 fully saturated rings. The smallest absolute Gasteiger partial charge is 0.257 e. The van der Waals surface area contributed by atoms with Crippen LogP contribution in [0.1, 0.15) is 29.1 Å². The molecule has 1 atom stereocenters. The molecule has 3 rings (SSSR count). The van der Waals surface area contributed by atoms with Crippen molar-refractivity contribution in [1.82, 2.24) is 4.90 Å². The van der Waals surface area contributed by atoms with Gasteiger partial charge in [-0.05, 0) is 31.2 Å². The van der Waals surface area contributed by atoms with Crippen LogP contribution < -0.4 is 4.74 Å². The Labute approximate surface area is 135 Å². The fourth-order valence-corrected chi connectivity index (χ4v) is 2.59. The molecule has 3 aromatic rings. The monoisotopic (exact) mass is 309 g/mol. The number of carbonyl (C=O) groups is 1. The van der Waals surface area contributed by atoms with Gasteiger partial charge >= 0.3 is 0 Å². The fraction of sp³-hybridized carbons (Fsp3) is 0.211. The molecule has 0 aliphatic carbocycles. The highest BCUT2D eigenvalue weighted by Crippen LogP contribution is 2.28. The molecule has 4 heteroatoms. The molecule has 0 saturated heterocycles. The fourth-order valence-electron chi connectivity index (χ4n) is 2.59. The number of hydrogen-bond donors (Lipinski definition) is 0. The molecule has 1 heterocycles. The van der Waals surface area contributed by atoms with Gasteiger partial charge in [0.15, 0.2) is 0 Å². The van der Waals surface area contributed by atoms with Crippen LogP contribution in [0.5, 0.6) is 5.75 Å². The molecule has 2 aromatic carbocycles. The highest BCUT2D eigenvalue weighted by atomic mass is 16.5. The van der Waals surface area contributed by atoms with Crippen LogP contribution in [0.4, 0.5) is 0 Å². The number of fused-ring (bicyclic) bond motifs is 1. The number of furan rings is 1. The first-order chi connectivity index (χ1) is 11.1. The Kier molecular flexibility index (Phi) is 4.06. The number of benzene rings is 2. The summed E-state index contributed by atoms with van der Waals surface area (Å²) in [5.74, 6) is 1.23. The third-order valence-corrected chi connectivity index (χ3v) is 4.10. The molecular weight excluding hydrogens is 290 g/mol. The van der Waals surface area contributed by atoms with Gasteiger partial charge in [-0.15, -0.1) is 0 Å². The van der Waals surface area contributed by atoms with Crippen LogP contribution in [0.15, 0.2) is 59.0 Å². The van der Waals surface area contributed by atoms with E-state index in [2.05, 4.69) is 0 Å². The predicted molar refractivity (Wildman–Crippen MR) is 89.7 cm³/mol. The zero-order valence-corrected chi connectivity index (χ0v) is 13.4. The Hall–Kier alpha value is -2.75. The van der Waals surface area contributed by atoms with Crippen molar-refractivity contribution in [2.45, 2.75) is 13.0 Å². The highest BCUT2D eigenvalue weighted by molar-refractivity contribution is 5.97. The Bertz CT molecular complexity index is 804. The van der Waals surface area contributed by atoms with E-state index in [1.54, 1.807) is 31.2 Å². The summed E-state index contributed by atoms with van der Waals surface area (Å²) in [4.78, 5) is 14.4. The van der Waals surface area contributed by atoms with Crippen LogP contribution in [0.2, 0.25) is 0 Å². The minimum absolute atomic E-state index is 0.101. The Balaban J connectivity index is 1.89. The normalized spacial score (nSPS) is 12.1. The minimum atomic E-state index is -0.181. The zero-order chi connectivity index (χ0) is 16.4. The zero-order valence-electron chi connectivity index (χ0n) is 13.4. The summed E-state index contributed by atoms with van der Waals surface area (Å²) in [6, 6.07) is 16.8. The minimum Gasteiger partial charge on any atom is -0.496 e. The van der Waals surface area contributed by atoms with E-state index < -0.39 is 0 Å². The first-order valence-electron chi connectivity index (χ1n) is 7.50. The largest absolute Gasteiger partial charge is 0.496 e. The van der Waals surface area contributed by atoms with Gasteiger partial charge in [0.2, 0.25) is 0 Å². The molecule has 0 bridgehead atoms. The molecule has 23 heavy (non-hydrogen) atoms. The van der Waals surface area contributed by atoms with E-state index in [9.17, 15) is 4.79 Å². The summed E-state index contributed by atoms with van der Waals surface area (Å²) >= 11 is 0. The molecular formula is C19H19NO3. The van der Waals surface area contributed by atoms with Crippen LogP contribution in [0.3, 0.4) is 0 Å². The van der Waals surface area contributed by atoms with Gasteiger partial charge in [0.25, 0.3) is 5.91 Å². The summed E-state index contributed by atoms with van der Waals surface area (Å²) in [7, 11) is 3.33. The lowest BCUT2D eigenvalue weighted by Gasteiger charge is -2.24. The van der Waals surface area contributed by atoms with Crippen LogP contribution in [-0.2, 0) is 0 Å². The third-order valence-electron chi connectivity index (χ3n) is 4.10. The Morgan fingerprint density at radius 2 is 1.83 bits per heavy atom. The van der Waals surface area contributed by atoms with E-state index in [4.69, 9.17) is 9.15 Å². The molecule has 0 radical (unpaired) electrons. The van der Waals surface area contributed by atoms with Crippen molar-refractivity contribution >= 4 is 16.9 Å². The topological polar surface area (TPSA) is 42.7 Å². The summed E-state index contributed by atoms with van der Waals surface area (Å²) in [6.07, 6.45) is 0. The average molecular weight is 309 g/mol. The van der Waals surface area contributed by atoms with E-state index in [0.717, 1.165) is 16.7 Å². The number of amides is 1. The Morgan fingerprint density at radius 3 is 2.57 bits per heavy atom. The van der Waals surface area contributed by atoms with Gasteiger partial charge in [0.05, 0.1) is 18.7 Å². The maximum absolute atomic E-state index is 12.8. The Morgan fingerprint density at radius 1 is 1.13 bits per heavy atom. The van der Waals surface area contributed by atoms with E-state index >= 15 is 0 Å². The number of nitrogens with zero attached hydrogens (tertiary/aromatic N) is 1. The second-order valence-electron chi connectivity index (χ2n) is 5.48. The summed E-state index contributed by atoms with van der Waals surface area (Å²) in [5, 5.41) is 1.03. The summed E-state index contributed by atoms with van der Waals surface area (Å²) in [5.41, 5.74) is 1.37. The average Bonchev–Trinajstić information content (AvgIpc) is 3.03. The lowest BCUT2D eigenvalue weighted by atomic mass is 10.1. The van der Waals surface area contributed by atoms with Crippen molar-refractivity contribution in [1.29, 1.82) is 0 Å². The van der Waals surface area contributed by atoms with Gasteiger partial charge in [-0.2, -0.15) is 0 Å². The number of para-hydroxylation sites is 2. The van der Waals surface area contributed by atoms with Crippen LogP contribution in [0.25, 0.3) is 11.0 Å². The standard InChI is InChI=1S/C19H19NO3/c1-13(18-12-14-8-4-6-10-16(14)23-18)20(2)19(21)15-9-5-7-11-17(15)22-3/h4-13H,1-3H3/t13-/m0/s1. The second kappa shape index (κ2) is 6.16. The third kappa shape index (κ3) is 2.80. The van der Waals surface area contributed by atoms with Crippen molar-refractivity contribution in [3.63, 3.8) is 0 Å². The lowest BCUT2D eigenvalue weighted by Crippen LogP contribution is -2.29. The first kappa shape index (κ1) is 15.2.